The highest BCUT2D eigenvalue weighted by atomic mass is 16.5. The molecule has 0 bridgehead atoms. The summed E-state index contributed by atoms with van der Waals surface area (Å²) < 4.78 is 10.5. The summed E-state index contributed by atoms with van der Waals surface area (Å²) in [4.78, 5) is 12.1. The highest BCUT2D eigenvalue weighted by Gasteiger charge is 2.09. The number of ether oxygens (including phenoxy) is 2. The molecule has 0 aliphatic heterocycles. The molecule has 0 fully saturated rings. The van der Waals surface area contributed by atoms with E-state index in [-0.39, 0.29) is 5.91 Å². The predicted octanol–water partition coefficient (Wildman–Crippen LogP) is 3.25. The Balaban J connectivity index is 2.20. The van der Waals surface area contributed by atoms with Crippen LogP contribution in [-0.4, -0.2) is 25.8 Å². The molecule has 1 N–H and O–H groups in total. The molecular weight excluding hydrogens is 292 g/mol. The van der Waals surface area contributed by atoms with Gasteiger partial charge in [-0.1, -0.05) is 25.1 Å². The van der Waals surface area contributed by atoms with Gasteiger partial charge in [0, 0.05) is 11.1 Å². The largest absolute Gasteiger partial charge is 0.493 e. The average Bonchev–Trinajstić information content (AvgIpc) is 2.62. The van der Waals surface area contributed by atoms with E-state index in [4.69, 9.17) is 9.47 Å². The first-order valence-corrected chi connectivity index (χ1v) is 7.34. The summed E-state index contributed by atoms with van der Waals surface area (Å²) in [5.74, 6) is 1.04. The molecule has 0 unspecified atom stereocenters. The number of amides is 1. The van der Waals surface area contributed by atoms with Crippen LogP contribution in [0.5, 0.6) is 11.5 Å². The zero-order chi connectivity index (χ0) is 16.7. The number of hydrazone groups is 1. The number of carbonyl (C=O) groups is 1. The van der Waals surface area contributed by atoms with Gasteiger partial charge < -0.3 is 9.47 Å². The van der Waals surface area contributed by atoms with E-state index in [2.05, 4.69) is 10.5 Å². The summed E-state index contributed by atoms with van der Waals surface area (Å²) in [7, 11) is 3.17. The lowest BCUT2D eigenvalue weighted by molar-refractivity contribution is 0.0955. The molecule has 0 heterocycles. The molecular formula is C18H20N2O3. The van der Waals surface area contributed by atoms with Crippen molar-refractivity contribution >= 4 is 11.6 Å². The Morgan fingerprint density at radius 3 is 2.30 bits per heavy atom. The van der Waals surface area contributed by atoms with Gasteiger partial charge in [0.2, 0.25) is 0 Å². The van der Waals surface area contributed by atoms with E-state index in [0.29, 0.717) is 23.5 Å². The molecule has 0 atom stereocenters. The number of rotatable bonds is 6. The minimum Gasteiger partial charge on any atom is -0.493 e. The standard InChI is InChI=1S/C18H20N2O3/c1-4-15(14-10-11-16(22-2)17(12-14)23-3)19-20-18(21)13-8-6-5-7-9-13/h5-12H,4H2,1-3H3,(H,20,21)/b19-15+. The lowest BCUT2D eigenvalue weighted by Crippen LogP contribution is -2.19. The smallest absolute Gasteiger partial charge is 0.271 e. The Kier molecular flexibility index (Phi) is 5.74. The molecule has 23 heavy (non-hydrogen) atoms. The summed E-state index contributed by atoms with van der Waals surface area (Å²) in [6.07, 6.45) is 0.671. The topological polar surface area (TPSA) is 59.9 Å². The van der Waals surface area contributed by atoms with Gasteiger partial charge in [0.15, 0.2) is 11.5 Å². The van der Waals surface area contributed by atoms with E-state index >= 15 is 0 Å². The van der Waals surface area contributed by atoms with Crippen LogP contribution >= 0.6 is 0 Å². The van der Waals surface area contributed by atoms with Crippen LogP contribution in [0, 0.1) is 0 Å². The summed E-state index contributed by atoms with van der Waals surface area (Å²) in [5, 5.41) is 4.24. The zero-order valence-electron chi connectivity index (χ0n) is 13.5. The van der Waals surface area contributed by atoms with Crippen molar-refractivity contribution in [2.75, 3.05) is 14.2 Å². The second-order valence-corrected chi connectivity index (χ2v) is 4.79. The van der Waals surface area contributed by atoms with Gasteiger partial charge in [0.25, 0.3) is 5.91 Å². The second kappa shape index (κ2) is 7.98. The number of methoxy groups -OCH3 is 2. The minimum absolute atomic E-state index is 0.239. The van der Waals surface area contributed by atoms with Crippen LogP contribution in [-0.2, 0) is 0 Å². The lowest BCUT2D eigenvalue weighted by atomic mass is 10.1. The monoisotopic (exact) mass is 312 g/mol. The molecule has 1 amide bonds. The molecule has 0 aromatic heterocycles. The van der Waals surface area contributed by atoms with E-state index < -0.39 is 0 Å². The Hall–Kier alpha value is -2.82. The summed E-state index contributed by atoms with van der Waals surface area (Å²) in [6, 6.07) is 14.5. The number of hydrogen-bond acceptors (Lipinski definition) is 4. The van der Waals surface area contributed by atoms with Gasteiger partial charge in [0.05, 0.1) is 19.9 Å². The average molecular weight is 312 g/mol. The van der Waals surface area contributed by atoms with Crippen LogP contribution < -0.4 is 14.9 Å². The van der Waals surface area contributed by atoms with Gasteiger partial charge in [-0.25, -0.2) is 5.43 Å². The maximum Gasteiger partial charge on any atom is 0.271 e. The highest BCUT2D eigenvalue weighted by molar-refractivity contribution is 6.02. The van der Waals surface area contributed by atoms with E-state index in [0.717, 1.165) is 11.3 Å². The molecule has 2 rings (SSSR count). The molecule has 120 valence electrons. The molecule has 2 aromatic carbocycles. The summed E-state index contributed by atoms with van der Waals surface area (Å²) >= 11 is 0. The van der Waals surface area contributed by atoms with Gasteiger partial charge in [-0.3, -0.25) is 4.79 Å². The highest BCUT2D eigenvalue weighted by Crippen LogP contribution is 2.28. The Morgan fingerprint density at radius 2 is 1.70 bits per heavy atom. The van der Waals surface area contributed by atoms with Crippen molar-refractivity contribution < 1.29 is 14.3 Å². The third kappa shape index (κ3) is 4.10. The van der Waals surface area contributed by atoms with E-state index in [1.165, 1.54) is 0 Å². The van der Waals surface area contributed by atoms with Crippen molar-refractivity contribution in [1.82, 2.24) is 5.43 Å². The van der Waals surface area contributed by atoms with Crippen molar-refractivity contribution in [3.63, 3.8) is 0 Å². The zero-order valence-corrected chi connectivity index (χ0v) is 13.5. The van der Waals surface area contributed by atoms with Crippen LogP contribution in [0.25, 0.3) is 0 Å². The van der Waals surface area contributed by atoms with Gasteiger partial charge in [-0.15, -0.1) is 0 Å². The number of nitrogens with zero attached hydrogens (tertiary/aromatic N) is 1. The first-order chi connectivity index (χ1) is 11.2. The number of nitrogens with one attached hydrogen (secondary N) is 1. The molecule has 0 spiro atoms. The molecule has 0 saturated heterocycles. The Labute approximate surface area is 135 Å². The molecule has 0 aliphatic rings. The summed E-state index contributed by atoms with van der Waals surface area (Å²) in [5.41, 5.74) is 4.79. The van der Waals surface area contributed by atoms with Crippen LogP contribution in [0.4, 0.5) is 0 Å². The van der Waals surface area contributed by atoms with E-state index in [9.17, 15) is 4.79 Å². The van der Waals surface area contributed by atoms with Crippen LogP contribution in [0.2, 0.25) is 0 Å². The van der Waals surface area contributed by atoms with Gasteiger partial charge >= 0.3 is 0 Å². The fraction of sp³-hybridized carbons (Fsp3) is 0.222. The fourth-order valence-corrected chi connectivity index (χ4v) is 2.14. The molecule has 2 aromatic rings. The Morgan fingerprint density at radius 1 is 1.00 bits per heavy atom. The first kappa shape index (κ1) is 16.5. The molecule has 0 radical (unpaired) electrons. The van der Waals surface area contributed by atoms with Crippen molar-refractivity contribution in [2.45, 2.75) is 13.3 Å². The number of carbonyl (C=O) groups excluding carboxylic acids is 1. The van der Waals surface area contributed by atoms with E-state index in [1.54, 1.807) is 26.4 Å². The van der Waals surface area contributed by atoms with Crippen molar-refractivity contribution in [3.05, 3.63) is 59.7 Å². The minimum atomic E-state index is -0.239. The first-order valence-electron chi connectivity index (χ1n) is 7.34. The molecule has 5 nitrogen and oxygen atoms in total. The molecule has 5 heteroatoms. The normalized spacial score (nSPS) is 11.0. The van der Waals surface area contributed by atoms with Crippen molar-refractivity contribution in [2.24, 2.45) is 5.10 Å². The fourth-order valence-electron chi connectivity index (χ4n) is 2.14. The predicted molar refractivity (Wildman–Crippen MR) is 90.3 cm³/mol. The third-order valence-electron chi connectivity index (χ3n) is 3.38. The second-order valence-electron chi connectivity index (χ2n) is 4.79. The number of benzene rings is 2. The molecule has 0 saturated carbocycles. The Bertz CT molecular complexity index is 697. The van der Waals surface area contributed by atoms with Gasteiger partial charge in [-0.05, 0) is 36.8 Å². The third-order valence-corrected chi connectivity index (χ3v) is 3.38. The van der Waals surface area contributed by atoms with Crippen molar-refractivity contribution in [1.29, 1.82) is 0 Å². The number of hydrogen-bond donors (Lipinski definition) is 1. The maximum atomic E-state index is 12.1. The van der Waals surface area contributed by atoms with E-state index in [1.807, 2.05) is 43.3 Å². The van der Waals surface area contributed by atoms with Gasteiger partial charge in [-0.2, -0.15) is 5.10 Å². The van der Waals surface area contributed by atoms with Crippen LogP contribution in [0.15, 0.2) is 53.6 Å². The molecule has 0 aliphatic carbocycles. The van der Waals surface area contributed by atoms with Gasteiger partial charge in [0.1, 0.15) is 0 Å². The lowest BCUT2D eigenvalue weighted by Gasteiger charge is -2.10. The van der Waals surface area contributed by atoms with Crippen LogP contribution in [0.3, 0.4) is 0 Å². The SMILES string of the molecule is CC/C(=N\NC(=O)c1ccccc1)c1ccc(OC)c(OC)c1. The van der Waals surface area contributed by atoms with Crippen LogP contribution in [0.1, 0.15) is 29.3 Å². The summed E-state index contributed by atoms with van der Waals surface area (Å²) in [6.45, 7) is 1.98. The maximum absolute atomic E-state index is 12.1. The quantitative estimate of drug-likeness (QED) is 0.658. The van der Waals surface area contributed by atoms with Crippen molar-refractivity contribution in [3.8, 4) is 11.5 Å².